The number of nitrogens with zero attached hydrogens (tertiary/aromatic N) is 3. The molecule has 0 radical (unpaired) electrons. The molecule has 0 saturated heterocycles. The zero-order valence-electron chi connectivity index (χ0n) is 14.6. The Kier molecular flexibility index (Phi) is 4.64. The van der Waals surface area contributed by atoms with E-state index in [1.807, 2.05) is 48.5 Å². The Morgan fingerprint density at radius 3 is 2.67 bits per heavy atom. The number of nitrogens with two attached hydrogens (primary N) is 2. The number of anilines is 2. The molecule has 4 rings (SSSR count). The molecule has 27 heavy (non-hydrogen) atoms. The highest BCUT2D eigenvalue weighted by Crippen LogP contribution is 2.26. The number of halogens is 1. The Balaban J connectivity index is 1.54. The topological polar surface area (TPSA) is 106 Å². The largest absolute Gasteiger partial charge is 0.382 e. The average molecular weight is 379 g/mol. The summed E-state index contributed by atoms with van der Waals surface area (Å²) in [5, 5.41) is 8.64. The van der Waals surface area contributed by atoms with Crippen molar-refractivity contribution in [1.29, 1.82) is 0 Å². The monoisotopic (exact) mass is 378 g/mol. The van der Waals surface area contributed by atoms with Gasteiger partial charge in [-0.1, -0.05) is 35.9 Å². The van der Waals surface area contributed by atoms with Crippen LogP contribution in [0.1, 0.15) is 17.7 Å². The summed E-state index contributed by atoms with van der Waals surface area (Å²) < 4.78 is 0. The summed E-state index contributed by atoms with van der Waals surface area (Å²) in [7, 11) is 0. The third kappa shape index (κ3) is 3.71. The molecule has 2 aromatic carbocycles. The van der Waals surface area contributed by atoms with Gasteiger partial charge in [0, 0.05) is 21.7 Å². The van der Waals surface area contributed by atoms with Gasteiger partial charge in [-0.25, -0.2) is 9.97 Å². The third-order valence-corrected chi connectivity index (χ3v) is 4.89. The number of aryl methyl sites for hydroxylation is 2. The molecule has 0 atom stereocenters. The minimum absolute atomic E-state index is 0.268. The van der Waals surface area contributed by atoms with Crippen molar-refractivity contribution in [1.82, 2.24) is 20.2 Å². The molecule has 0 amide bonds. The molecule has 2 aromatic heterocycles. The van der Waals surface area contributed by atoms with Gasteiger partial charge in [0.05, 0.1) is 11.2 Å². The summed E-state index contributed by atoms with van der Waals surface area (Å²) >= 11 is 6.22. The molecule has 0 fully saturated rings. The van der Waals surface area contributed by atoms with E-state index < -0.39 is 0 Å². The van der Waals surface area contributed by atoms with Crippen molar-refractivity contribution in [3.63, 3.8) is 0 Å². The second-order valence-electron chi connectivity index (χ2n) is 6.42. The SMILES string of the molecule is Nc1nc(CCCc2ccccc2Cl)cc(-c2ccc3c(N)n[nH]c3c2)n1. The van der Waals surface area contributed by atoms with Gasteiger partial charge in [-0.3, -0.25) is 5.10 Å². The summed E-state index contributed by atoms with van der Waals surface area (Å²) in [6, 6.07) is 15.7. The number of nitrogen functional groups attached to an aromatic ring is 2. The Bertz CT molecular complexity index is 1100. The van der Waals surface area contributed by atoms with Gasteiger partial charge in [-0.2, -0.15) is 5.10 Å². The normalized spacial score (nSPS) is 11.1. The number of H-pyrrole nitrogens is 1. The van der Waals surface area contributed by atoms with Gasteiger partial charge in [0.15, 0.2) is 5.82 Å². The third-order valence-electron chi connectivity index (χ3n) is 4.52. The highest BCUT2D eigenvalue weighted by atomic mass is 35.5. The predicted molar refractivity (Wildman–Crippen MR) is 109 cm³/mol. The summed E-state index contributed by atoms with van der Waals surface area (Å²) in [6.07, 6.45) is 2.61. The average Bonchev–Trinajstić information content (AvgIpc) is 3.03. The zero-order chi connectivity index (χ0) is 18.8. The fourth-order valence-corrected chi connectivity index (χ4v) is 3.39. The van der Waals surface area contributed by atoms with E-state index in [-0.39, 0.29) is 5.95 Å². The Labute approximate surface area is 161 Å². The van der Waals surface area contributed by atoms with Crippen molar-refractivity contribution < 1.29 is 0 Å². The molecule has 7 heteroatoms. The summed E-state index contributed by atoms with van der Waals surface area (Å²) in [4.78, 5) is 8.75. The van der Waals surface area contributed by atoms with E-state index >= 15 is 0 Å². The fraction of sp³-hybridized carbons (Fsp3) is 0.150. The van der Waals surface area contributed by atoms with Gasteiger partial charge < -0.3 is 11.5 Å². The summed E-state index contributed by atoms with van der Waals surface area (Å²) in [5.41, 5.74) is 16.4. The standard InChI is InChI=1S/C20H19ClN6/c21-16-7-2-1-4-12(16)5-3-6-14-11-17(25-20(23)24-14)13-8-9-15-18(10-13)26-27-19(15)22/h1-2,4,7-11H,3,5-6H2,(H3,22,26,27)(H2,23,24,25). The van der Waals surface area contributed by atoms with Gasteiger partial charge in [-0.05, 0) is 49.1 Å². The van der Waals surface area contributed by atoms with Crippen molar-refractivity contribution in [3.8, 4) is 11.3 Å². The van der Waals surface area contributed by atoms with Crippen LogP contribution < -0.4 is 11.5 Å². The molecular formula is C20H19ClN6. The molecule has 0 aliphatic carbocycles. The lowest BCUT2D eigenvalue weighted by Crippen LogP contribution is -2.02. The molecule has 136 valence electrons. The number of benzene rings is 2. The molecule has 5 N–H and O–H groups in total. The van der Waals surface area contributed by atoms with Crippen LogP contribution in [-0.4, -0.2) is 20.2 Å². The lowest BCUT2D eigenvalue weighted by atomic mass is 10.0. The van der Waals surface area contributed by atoms with Gasteiger partial charge in [-0.15, -0.1) is 0 Å². The number of rotatable bonds is 5. The Morgan fingerprint density at radius 2 is 1.81 bits per heavy atom. The highest BCUT2D eigenvalue weighted by Gasteiger charge is 2.09. The van der Waals surface area contributed by atoms with Gasteiger partial charge in [0.25, 0.3) is 0 Å². The number of hydrogen-bond acceptors (Lipinski definition) is 5. The number of hydrogen-bond donors (Lipinski definition) is 3. The van der Waals surface area contributed by atoms with Crippen LogP contribution in [0, 0.1) is 0 Å². The van der Waals surface area contributed by atoms with Crippen LogP contribution in [-0.2, 0) is 12.8 Å². The Morgan fingerprint density at radius 1 is 0.963 bits per heavy atom. The second kappa shape index (κ2) is 7.25. The molecule has 6 nitrogen and oxygen atoms in total. The lowest BCUT2D eigenvalue weighted by molar-refractivity contribution is 0.797. The van der Waals surface area contributed by atoms with Crippen molar-refractivity contribution in [2.24, 2.45) is 0 Å². The van der Waals surface area contributed by atoms with Crippen LogP contribution in [0.2, 0.25) is 5.02 Å². The van der Waals surface area contributed by atoms with Crippen molar-refractivity contribution in [2.45, 2.75) is 19.3 Å². The smallest absolute Gasteiger partial charge is 0.220 e. The molecule has 0 saturated carbocycles. The van der Waals surface area contributed by atoms with E-state index in [0.717, 1.165) is 57.7 Å². The maximum Gasteiger partial charge on any atom is 0.220 e. The molecule has 2 heterocycles. The first-order valence-corrected chi connectivity index (χ1v) is 9.09. The maximum absolute atomic E-state index is 6.22. The summed E-state index contributed by atoms with van der Waals surface area (Å²) in [5.74, 6) is 0.753. The van der Waals surface area contributed by atoms with Crippen LogP contribution >= 0.6 is 11.6 Å². The molecule has 0 spiro atoms. The van der Waals surface area contributed by atoms with E-state index in [1.54, 1.807) is 0 Å². The van der Waals surface area contributed by atoms with Crippen LogP contribution in [0.25, 0.3) is 22.2 Å². The number of fused-ring (bicyclic) bond motifs is 1. The first-order chi connectivity index (χ1) is 13.1. The number of aromatic amines is 1. The van der Waals surface area contributed by atoms with E-state index in [1.165, 1.54) is 0 Å². The van der Waals surface area contributed by atoms with Crippen molar-refractivity contribution >= 4 is 34.3 Å². The number of aromatic nitrogens is 4. The lowest BCUT2D eigenvalue weighted by Gasteiger charge is -2.07. The van der Waals surface area contributed by atoms with E-state index in [9.17, 15) is 0 Å². The highest BCUT2D eigenvalue weighted by molar-refractivity contribution is 6.31. The minimum atomic E-state index is 0.268. The van der Waals surface area contributed by atoms with Crippen molar-refractivity contribution in [2.75, 3.05) is 11.5 Å². The van der Waals surface area contributed by atoms with E-state index in [4.69, 9.17) is 23.1 Å². The Hall–Kier alpha value is -3.12. The van der Waals surface area contributed by atoms with Gasteiger partial charge >= 0.3 is 0 Å². The maximum atomic E-state index is 6.22. The van der Waals surface area contributed by atoms with Crippen LogP contribution in [0.5, 0.6) is 0 Å². The van der Waals surface area contributed by atoms with Gasteiger partial charge in [0.2, 0.25) is 5.95 Å². The van der Waals surface area contributed by atoms with Crippen LogP contribution in [0.15, 0.2) is 48.5 Å². The van der Waals surface area contributed by atoms with Gasteiger partial charge in [0.1, 0.15) is 0 Å². The first kappa shape index (κ1) is 17.3. The molecule has 4 aromatic rings. The zero-order valence-corrected chi connectivity index (χ0v) is 15.4. The molecule has 0 aliphatic heterocycles. The summed E-state index contributed by atoms with van der Waals surface area (Å²) in [6.45, 7) is 0. The first-order valence-electron chi connectivity index (χ1n) is 8.71. The van der Waals surface area contributed by atoms with E-state index in [0.29, 0.717) is 5.82 Å². The molecule has 0 aliphatic rings. The van der Waals surface area contributed by atoms with Crippen molar-refractivity contribution in [3.05, 3.63) is 64.8 Å². The molecule has 0 bridgehead atoms. The quantitative estimate of drug-likeness (QED) is 0.486. The van der Waals surface area contributed by atoms with E-state index in [2.05, 4.69) is 20.2 Å². The number of nitrogens with one attached hydrogen (secondary N) is 1. The second-order valence-corrected chi connectivity index (χ2v) is 6.82. The minimum Gasteiger partial charge on any atom is -0.382 e. The molecular weight excluding hydrogens is 360 g/mol. The van der Waals surface area contributed by atoms with Crippen LogP contribution in [0.3, 0.4) is 0 Å². The fourth-order valence-electron chi connectivity index (χ4n) is 3.16. The predicted octanol–water partition coefficient (Wildman–Crippen LogP) is 4.01. The van der Waals surface area contributed by atoms with Crippen LogP contribution in [0.4, 0.5) is 11.8 Å². The molecule has 0 unspecified atom stereocenters.